The van der Waals surface area contributed by atoms with E-state index in [2.05, 4.69) is 0 Å². The molecule has 0 heterocycles. The number of carboxylic acid groups (broad SMARTS) is 1. The van der Waals surface area contributed by atoms with E-state index in [4.69, 9.17) is 0 Å². The molecule has 0 N–H and O–H groups in total. The zero-order chi connectivity index (χ0) is 8.27. The van der Waals surface area contributed by atoms with Crippen molar-refractivity contribution in [1.82, 2.24) is 0 Å². The van der Waals surface area contributed by atoms with Crippen molar-refractivity contribution in [2.75, 3.05) is 0 Å². The van der Waals surface area contributed by atoms with Crippen molar-refractivity contribution in [3.8, 4) is 0 Å². The number of carboxylic acids is 1. The summed E-state index contributed by atoms with van der Waals surface area (Å²) in [7, 11) is 0. The third kappa shape index (κ3) is 4.38. The van der Waals surface area contributed by atoms with E-state index < -0.39 is 5.97 Å². The molecular formula is C9H9KO2. The molecule has 0 aliphatic rings. The average molecular weight is 188 g/mol. The van der Waals surface area contributed by atoms with Crippen LogP contribution in [0.3, 0.4) is 0 Å². The van der Waals surface area contributed by atoms with Gasteiger partial charge in [-0.15, -0.1) is 0 Å². The fraction of sp³-hybridized carbons (Fsp3) is 0.222. The van der Waals surface area contributed by atoms with Crippen LogP contribution in [0.15, 0.2) is 24.3 Å². The summed E-state index contributed by atoms with van der Waals surface area (Å²) in [5.41, 5.74) is 1.92. The number of aryl methyl sites for hydroxylation is 1. The van der Waals surface area contributed by atoms with Crippen molar-refractivity contribution in [3.05, 3.63) is 35.4 Å². The van der Waals surface area contributed by atoms with E-state index in [0.717, 1.165) is 11.1 Å². The van der Waals surface area contributed by atoms with Crippen molar-refractivity contribution in [2.45, 2.75) is 13.3 Å². The summed E-state index contributed by atoms with van der Waals surface area (Å²) in [6.07, 6.45) is 0.000278. The average Bonchev–Trinajstić information content (AvgIpc) is 1.93. The fourth-order valence-corrected chi connectivity index (χ4v) is 0.873. The van der Waals surface area contributed by atoms with Crippen LogP contribution in [0.4, 0.5) is 0 Å². The Morgan fingerprint density at radius 3 is 2.25 bits per heavy atom. The molecule has 0 saturated carbocycles. The van der Waals surface area contributed by atoms with Gasteiger partial charge in [0.1, 0.15) is 0 Å². The van der Waals surface area contributed by atoms with Gasteiger partial charge in [-0.1, -0.05) is 29.8 Å². The predicted molar refractivity (Wildman–Crippen MR) is 39.9 cm³/mol. The van der Waals surface area contributed by atoms with Crippen molar-refractivity contribution >= 4 is 5.97 Å². The van der Waals surface area contributed by atoms with Crippen LogP contribution in [0, 0.1) is 6.92 Å². The van der Waals surface area contributed by atoms with E-state index in [1.165, 1.54) is 0 Å². The van der Waals surface area contributed by atoms with E-state index in [1.54, 1.807) is 12.1 Å². The molecule has 58 valence electrons. The van der Waals surface area contributed by atoms with Crippen molar-refractivity contribution in [1.29, 1.82) is 0 Å². The topological polar surface area (TPSA) is 40.1 Å². The molecule has 0 radical (unpaired) electrons. The number of aliphatic carboxylic acids is 1. The number of carbonyl (C=O) groups excluding carboxylic acids is 1. The largest absolute Gasteiger partial charge is 1.00 e. The molecular weight excluding hydrogens is 179 g/mol. The van der Waals surface area contributed by atoms with Crippen LogP contribution in [0.5, 0.6) is 0 Å². The minimum absolute atomic E-state index is 0. The van der Waals surface area contributed by atoms with Crippen LogP contribution in [-0.4, -0.2) is 5.97 Å². The molecule has 0 saturated heterocycles. The number of hydrogen-bond donors (Lipinski definition) is 0. The minimum atomic E-state index is -1.03. The molecule has 2 nitrogen and oxygen atoms in total. The van der Waals surface area contributed by atoms with Gasteiger partial charge in [0.25, 0.3) is 0 Å². The molecule has 3 heteroatoms. The Bertz CT molecular complexity index is 254. The Hall–Kier alpha value is 0.326. The summed E-state index contributed by atoms with van der Waals surface area (Å²) in [5, 5.41) is 10.1. The summed E-state index contributed by atoms with van der Waals surface area (Å²) >= 11 is 0. The van der Waals surface area contributed by atoms with E-state index in [1.807, 2.05) is 19.1 Å². The first-order valence-corrected chi connectivity index (χ1v) is 3.44. The van der Waals surface area contributed by atoms with Crippen molar-refractivity contribution in [3.63, 3.8) is 0 Å². The molecule has 0 spiro atoms. The summed E-state index contributed by atoms with van der Waals surface area (Å²) < 4.78 is 0. The van der Waals surface area contributed by atoms with Crippen LogP contribution >= 0.6 is 0 Å². The maximum Gasteiger partial charge on any atom is 1.00 e. The SMILES string of the molecule is Cc1ccc(CC(=O)[O-])cc1.[K+]. The van der Waals surface area contributed by atoms with Crippen LogP contribution in [-0.2, 0) is 11.2 Å². The van der Waals surface area contributed by atoms with Gasteiger partial charge >= 0.3 is 51.4 Å². The first-order chi connectivity index (χ1) is 5.18. The van der Waals surface area contributed by atoms with Gasteiger partial charge in [-0.2, -0.15) is 0 Å². The summed E-state index contributed by atoms with van der Waals surface area (Å²) in [6, 6.07) is 7.37. The molecule has 0 aromatic heterocycles. The minimum Gasteiger partial charge on any atom is -0.550 e. The molecule has 1 rings (SSSR count). The molecule has 1 aromatic carbocycles. The molecule has 0 amide bonds. The van der Waals surface area contributed by atoms with Crippen LogP contribution in [0.1, 0.15) is 11.1 Å². The Labute approximate surface area is 114 Å². The van der Waals surface area contributed by atoms with Crippen molar-refractivity contribution in [2.24, 2.45) is 0 Å². The Kier molecular flexibility index (Phi) is 6.04. The second-order valence-electron chi connectivity index (χ2n) is 2.53. The summed E-state index contributed by atoms with van der Waals surface area (Å²) in [5.74, 6) is -1.03. The normalized spacial score (nSPS) is 8.75. The first-order valence-electron chi connectivity index (χ1n) is 3.44. The van der Waals surface area contributed by atoms with Gasteiger partial charge in [-0.3, -0.25) is 0 Å². The summed E-state index contributed by atoms with van der Waals surface area (Å²) in [4.78, 5) is 10.1. The van der Waals surface area contributed by atoms with E-state index >= 15 is 0 Å². The number of rotatable bonds is 2. The molecule has 1 aromatic rings. The molecule has 0 bridgehead atoms. The van der Waals surface area contributed by atoms with Crippen LogP contribution < -0.4 is 56.5 Å². The van der Waals surface area contributed by atoms with Crippen LogP contribution in [0.25, 0.3) is 0 Å². The van der Waals surface area contributed by atoms with Gasteiger partial charge in [0.05, 0.1) is 0 Å². The van der Waals surface area contributed by atoms with Gasteiger partial charge in [0.15, 0.2) is 0 Å². The molecule has 0 unspecified atom stereocenters. The van der Waals surface area contributed by atoms with E-state index in [-0.39, 0.29) is 57.8 Å². The second-order valence-corrected chi connectivity index (χ2v) is 2.53. The predicted octanol–water partition coefficient (Wildman–Crippen LogP) is -2.71. The number of benzene rings is 1. The zero-order valence-electron chi connectivity index (χ0n) is 7.33. The van der Waals surface area contributed by atoms with Gasteiger partial charge in [-0.25, -0.2) is 0 Å². The van der Waals surface area contributed by atoms with E-state index in [0.29, 0.717) is 0 Å². The van der Waals surface area contributed by atoms with Gasteiger partial charge in [0, 0.05) is 12.4 Å². The monoisotopic (exact) mass is 188 g/mol. The van der Waals surface area contributed by atoms with E-state index in [9.17, 15) is 9.90 Å². The quantitative estimate of drug-likeness (QED) is 0.474. The Morgan fingerprint density at radius 2 is 1.83 bits per heavy atom. The molecule has 0 aliphatic carbocycles. The molecule has 0 fully saturated rings. The zero-order valence-corrected chi connectivity index (χ0v) is 10.5. The fourth-order valence-electron chi connectivity index (χ4n) is 0.873. The molecule has 0 aliphatic heterocycles. The number of hydrogen-bond acceptors (Lipinski definition) is 2. The maximum atomic E-state index is 10.1. The van der Waals surface area contributed by atoms with Crippen molar-refractivity contribution < 1.29 is 61.3 Å². The standard InChI is InChI=1S/C9H10O2.K/c1-7-2-4-8(5-3-7)6-9(10)11;/h2-5H,6H2,1H3,(H,10,11);/q;+1/p-1. The third-order valence-electron chi connectivity index (χ3n) is 1.47. The number of carbonyl (C=O) groups is 1. The Balaban J connectivity index is 0.00000121. The Morgan fingerprint density at radius 1 is 1.33 bits per heavy atom. The summed E-state index contributed by atoms with van der Waals surface area (Å²) in [6.45, 7) is 1.96. The third-order valence-corrected chi connectivity index (χ3v) is 1.47. The first kappa shape index (κ1) is 12.3. The smallest absolute Gasteiger partial charge is 0.550 e. The molecule has 0 atom stereocenters. The van der Waals surface area contributed by atoms with Gasteiger partial charge < -0.3 is 9.90 Å². The maximum absolute atomic E-state index is 10.1. The van der Waals surface area contributed by atoms with Gasteiger partial charge in [0.2, 0.25) is 0 Å². The van der Waals surface area contributed by atoms with Crippen LogP contribution in [0.2, 0.25) is 0 Å². The second kappa shape index (κ2) is 5.88. The van der Waals surface area contributed by atoms with Gasteiger partial charge in [-0.05, 0) is 12.5 Å². The molecule has 12 heavy (non-hydrogen) atoms.